The molecule has 8 heteroatoms. The second-order valence-electron chi connectivity index (χ2n) is 6.49. The lowest BCUT2D eigenvalue weighted by Gasteiger charge is -2.14. The average Bonchev–Trinajstić information content (AvgIpc) is 2.72. The molecule has 0 aliphatic heterocycles. The van der Waals surface area contributed by atoms with Gasteiger partial charge in [0.1, 0.15) is 5.52 Å². The lowest BCUT2D eigenvalue weighted by atomic mass is 10.0. The van der Waals surface area contributed by atoms with Crippen LogP contribution in [0.2, 0.25) is 0 Å². The van der Waals surface area contributed by atoms with E-state index in [1.807, 2.05) is 30.3 Å². The third-order valence-corrected chi connectivity index (χ3v) is 4.59. The van der Waals surface area contributed by atoms with Gasteiger partial charge < -0.3 is 26.7 Å². The highest BCUT2D eigenvalue weighted by atomic mass is 16.5. The summed E-state index contributed by atoms with van der Waals surface area (Å²) in [6.07, 6.45) is 2.58. The van der Waals surface area contributed by atoms with Crippen molar-refractivity contribution in [3.63, 3.8) is 0 Å². The molecule has 8 nitrogen and oxygen atoms in total. The SMILES string of the molecule is COc1ccc(-c2ccc3nc(N)nc(C(N)CCCCN)c3n2)cc1OC. The molecule has 1 unspecified atom stereocenters. The summed E-state index contributed by atoms with van der Waals surface area (Å²) in [6, 6.07) is 9.13. The van der Waals surface area contributed by atoms with Crippen LogP contribution in [0.3, 0.4) is 0 Å². The summed E-state index contributed by atoms with van der Waals surface area (Å²) < 4.78 is 10.7. The van der Waals surface area contributed by atoms with Crippen molar-refractivity contribution in [2.45, 2.75) is 25.3 Å². The van der Waals surface area contributed by atoms with Gasteiger partial charge in [0.05, 0.1) is 31.1 Å². The number of fused-ring (bicyclic) bond motifs is 1. The number of benzene rings is 1. The number of ether oxygens (including phenoxy) is 2. The molecule has 0 spiro atoms. The number of anilines is 1. The largest absolute Gasteiger partial charge is 0.493 e. The number of aromatic nitrogens is 3. The molecule has 3 rings (SSSR count). The topological polar surface area (TPSA) is 135 Å². The minimum atomic E-state index is -0.285. The molecule has 28 heavy (non-hydrogen) atoms. The summed E-state index contributed by atoms with van der Waals surface area (Å²) >= 11 is 0. The van der Waals surface area contributed by atoms with Gasteiger partial charge in [-0.2, -0.15) is 0 Å². The fourth-order valence-corrected chi connectivity index (χ4v) is 3.12. The number of rotatable bonds is 8. The molecule has 0 aliphatic carbocycles. The zero-order valence-electron chi connectivity index (χ0n) is 16.2. The molecule has 0 saturated carbocycles. The quantitative estimate of drug-likeness (QED) is 0.505. The van der Waals surface area contributed by atoms with Crippen molar-refractivity contribution in [1.29, 1.82) is 0 Å². The molecule has 0 fully saturated rings. The van der Waals surface area contributed by atoms with Crippen molar-refractivity contribution < 1.29 is 9.47 Å². The van der Waals surface area contributed by atoms with E-state index in [4.69, 9.17) is 31.7 Å². The van der Waals surface area contributed by atoms with Gasteiger partial charge in [0.2, 0.25) is 5.95 Å². The second-order valence-corrected chi connectivity index (χ2v) is 6.49. The molecule has 2 heterocycles. The first-order valence-electron chi connectivity index (χ1n) is 9.19. The Morgan fingerprint density at radius 1 is 0.964 bits per heavy atom. The zero-order chi connectivity index (χ0) is 20.1. The molecular formula is C20H26N6O2. The molecule has 148 valence electrons. The van der Waals surface area contributed by atoms with E-state index < -0.39 is 0 Å². The molecule has 0 bridgehead atoms. The van der Waals surface area contributed by atoms with Crippen molar-refractivity contribution in [2.75, 3.05) is 26.5 Å². The summed E-state index contributed by atoms with van der Waals surface area (Å²) in [6.45, 7) is 0.640. The fraction of sp³-hybridized carbons (Fsp3) is 0.350. The van der Waals surface area contributed by atoms with Crippen LogP contribution in [0.25, 0.3) is 22.3 Å². The Labute approximate surface area is 164 Å². The lowest BCUT2D eigenvalue weighted by molar-refractivity contribution is 0.355. The van der Waals surface area contributed by atoms with Crippen LogP contribution in [0, 0.1) is 0 Å². The number of hydrogen-bond acceptors (Lipinski definition) is 8. The highest BCUT2D eigenvalue weighted by Gasteiger charge is 2.16. The van der Waals surface area contributed by atoms with Gasteiger partial charge >= 0.3 is 0 Å². The summed E-state index contributed by atoms with van der Waals surface area (Å²) in [5.74, 6) is 1.48. The molecule has 2 aromatic heterocycles. The number of nitrogens with zero attached hydrogens (tertiary/aromatic N) is 3. The number of unbranched alkanes of at least 4 members (excludes halogenated alkanes) is 1. The Bertz CT molecular complexity index is 963. The maximum Gasteiger partial charge on any atom is 0.220 e. The van der Waals surface area contributed by atoms with Gasteiger partial charge in [-0.15, -0.1) is 0 Å². The summed E-state index contributed by atoms with van der Waals surface area (Å²) in [5.41, 5.74) is 21.5. The van der Waals surface area contributed by atoms with Crippen molar-refractivity contribution in [3.05, 3.63) is 36.0 Å². The van der Waals surface area contributed by atoms with Crippen LogP contribution in [0.5, 0.6) is 11.5 Å². The van der Waals surface area contributed by atoms with E-state index in [-0.39, 0.29) is 12.0 Å². The molecule has 3 aromatic rings. The fourth-order valence-electron chi connectivity index (χ4n) is 3.12. The van der Waals surface area contributed by atoms with Crippen molar-refractivity contribution >= 4 is 17.0 Å². The summed E-state index contributed by atoms with van der Waals surface area (Å²) in [7, 11) is 3.20. The van der Waals surface area contributed by atoms with E-state index in [1.54, 1.807) is 14.2 Å². The van der Waals surface area contributed by atoms with E-state index in [9.17, 15) is 0 Å². The minimum Gasteiger partial charge on any atom is -0.493 e. The van der Waals surface area contributed by atoms with Gasteiger partial charge in [0.15, 0.2) is 11.5 Å². The van der Waals surface area contributed by atoms with Crippen LogP contribution in [0.15, 0.2) is 30.3 Å². The Morgan fingerprint density at radius 3 is 2.46 bits per heavy atom. The van der Waals surface area contributed by atoms with Crippen LogP contribution in [-0.2, 0) is 0 Å². The van der Waals surface area contributed by atoms with E-state index in [1.165, 1.54) is 0 Å². The summed E-state index contributed by atoms with van der Waals surface area (Å²) in [4.78, 5) is 13.5. The predicted molar refractivity (Wildman–Crippen MR) is 110 cm³/mol. The maximum absolute atomic E-state index is 6.38. The van der Waals surface area contributed by atoms with Gasteiger partial charge in [-0.25, -0.2) is 15.0 Å². The Morgan fingerprint density at radius 2 is 1.75 bits per heavy atom. The van der Waals surface area contributed by atoms with Crippen molar-refractivity contribution in [2.24, 2.45) is 11.5 Å². The van der Waals surface area contributed by atoms with Crippen molar-refractivity contribution in [3.8, 4) is 22.8 Å². The molecule has 1 aromatic carbocycles. The van der Waals surface area contributed by atoms with Crippen LogP contribution in [0.1, 0.15) is 31.0 Å². The highest BCUT2D eigenvalue weighted by Crippen LogP contribution is 2.33. The second kappa shape index (κ2) is 8.81. The first kappa shape index (κ1) is 19.8. The highest BCUT2D eigenvalue weighted by molar-refractivity contribution is 5.81. The molecule has 1 atom stereocenters. The van der Waals surface area contributed by atoms with Crippen LogP contribution in [-0.4, -0.2) is 35.7 Å². The number of nitrogens with two attached hydrogens (primary N) is 3. The van der Waals surface area contributed by atoms with Gasteiger partial charge in [-0.1, -0.05) is 6.42 Å². The Kier molecular flexibility index (Phi) is 6.23. The number of hydrogen-bond donors (Lipinski definition) is 3. The van der Waals surface area contributed by atoms with E-state index in [2.05, 4.69) is 9.97 Å². The third kappa shape index (κ3) is 4.13. The Balaban J connectivity index is 2.04. The molecule has 0 radical (unpaired) electrons. The van der Waals surface area contributed by atoms with Crippen LogP contribution in [0.4, 0.5) is 5.95 Å². The predicted octanol–water partition coefficient (Wildman–Crippen LogP) is 2.42. The number of methoxy groups -OCH3 is 2. The van der Waals surface area contributed by atoms with Gasteiger partial charge in [0, 0.05) is 11.6 Å². The average molecular weight is 382 g/mol. The normalized spacial score (nSPS) is 12.1. The molecule has 0 saturated heterocycles. The first-order valence-corrected chi connectivity index (χ1v) is 9.19. The number of pyridine rings is 1. The molecule has 6 N–H and O–H groups in total. The van der Waals surface area contributed by atoms with Crippen molar-refractivity contribution in [1.82, 2.24) is 15.0 Å². The van der Waals surface area contributed by atoms with Crippen LogP contribution < -0.4 is 26.7 Å². The minimum absolute atomic E-state index is 0.192. The molecule has 0 amide bonds. The monoisotopic (exact) mass is 382 g/mol. The van der Waals surface area contributed by atoms with Gasteiger partial charge in [-0.05, 0) is 49.7 Å². The zero-order valence-corrected chi connectivity index (χ0v) is 16.2. The molecular weight excluding hydrogens is 356 g/mol. The third-order valence-electron chi connectivity index (χ3n) is 4.59. The molecule has 0 aliphatic rings. The van der Waals surface area contributed by atoms with Crippen LogP contribution >= 0.6 is 0 Å². The van der Waals surface area contributed by atoms with E-state index in [0.29, 0.717) is 34.8 Å². The Hall–Kier alpha value is -2.97. The van der Waals surface area contributed by atoms with Gasteiger partial charge in [-0.3, -0.25) is 0 Å². The smallest absolute Gasteiger partial charge is 0.220 e. The standard InChI is InChI=1S/C20H26N6O2/c1-27-16-9-6-12(11-17(16)28-2)14-7-8-15-19(24-14)18(26-20(23)25-15)13(22)5-3-4-10-21/h6-9,11,13H,3-5,10,21-22H2,1-2H3,(H2,23,25,26). The lowest BCUT2D eigenvalue weighted by Crippen LogP contribution is -2.15. The van der Waals surface area contributed by atoms with Gasteiger partial charge in [0.25, 0.3) is 0 Å². The van der Waals surface area contributed by atoms with E-state index >= 15 is 0 Å². The first-order chi connectivity index (χ1) is 13.6. The number of nitrogen functional groups attached to an aromatic ring is 1. The summed E-state index contributed by atoms with van der Waals surface area (Å²) in [5, 5.41) is 0. The van der Waals surface area contributed by atoms with E-state index in [0.717, 1.165) is 30.5 Å². The maximum atomic E-state index is 6.38.